The number of rotatable bonds is 2. The van der Waals surface area contributed by atoms with Crippen LogP contribution >= 0.6 is 0 Å². The highest BCUT2D eigenvalue weighted by atomic mass is 16.5. The first kappa shape index (κ1) is 9.79. The van der Waals surface area contributed by atoms with Gasteiger partial charge < -0.3 is 19.9 Å². The fourth-order valence-electron chi connectivity index (χ4n) is 1.15. The summed E-state index contributed by atoms with van der Waals surface area (Å²) in [5, 5.41) is 11.1. The predicted octanol–water partition coefficient (Wildman–Crippen LogP) is -0.558. The quantitative estimate of drug-likeness (QED) is 0.608. The van der Waals surface area contributed by atoms with E-state index in [4.69, 9.17) is 9.84 Å². The van der Waals surface area contributed by atoms with Crippen molar-refractivity contribution in [1.29, 1.82) is 0 Å². The third-order valence-corrected chi connectivity index (χ3v) is 1.89. The van der Waals surface area contributed by atoms with E-state index in [0.29, 0.717) is 0 Å². The van der Waals surface area contributed by atoms with E-state index in [1.807, 2.05) is 0 Å². The van der Waals surface area contributed by atoms with Gasteiger partial charge in [0.2, 0.25) is 0 Å². The van der Waals surface area contributed by atoms with Crippen LogP contribution in [0.25, 0.3) is 0 Å². The number of carboxylic acids is 1. The fraction of sp³-hybridized carbons (Fsp3) is 0.714. The molecule has 6 heteroatoms. The van der Waals surface area contributed by atoms with E-state index in [9.17, 15) is 9.59 Å². The van der Waals surface area contributed by atoms with Crippen molar-refractivity contribution in [3.05, 3.63) is 0 Å². The van der Waals surface area contributed by atoms with Gasteiger partial charge in [-0.05, 0) is 0 Å². The van der Waals surface area contributed by atoms with Gasteiger partial charge in [-0.15, -0.1) is 0 Å². The molecule has 74 valence electrons. The Labute approximate surface area is 74.8 Å². The Bertz CT molecular complexity index is 217. The average Bonchev–Trinajstić information content (AvgIpc) is 2.52. The maximum atomic E-state index is 10.8. The molecule has 6 nitrogen and oxygen atoms in total. The average molecular weight is 189 g/mol. The molecule has 1 fully saturated rings. The van der Waals surface area contributed by atoms with Crippen molar-refractivity contribution in [2.45, 2.75) is 6.04 Å². The lowest BCUT2D eigenvalue weighted by Gasteiger charge is -2.13. The van der Waals surface area contributed by atoms with Gasteiger partial charge in [-0.3, -0.25) is 4.79 Å². The van der Waals surface area contributed by atoms with Crippen molar-refractivity contribution in [2.24, 2.45) is 5.92 Å². The van der Waals surface area contributed by atoms with E-state index in [1.54, 1.807) is 0 Å². The molecule has 1 aliphatic heterocycles. The number of amides is 1. The molecule has 0 radical (unpaired) electrons. The van der Waals surface area contributed by atoms with Crippen LogP contribution in [0, 0.1) is 5.92 Å². The lowest BCUT2D eigenvalue weighted by Crippen LogP contribution is -2.42. The van der Waals surface area contributed by atoms with Gasteiger partial charge in [0.15, 0.2) is 0 Å². The van der Waals surface area contributed by atoms with Gasteiger partial charge in [-0.25, -0.2) is 4.79 Å². The van der Waals surface area contributed by atoms with Crippen molar-refractivity contribution in [3.63, 3.8) is 0 Å². The Morgan fingerprint density at radius 2 is 2.23 bits per heavy atom. The van der Waals surface area contributed by atoms with E-state index >= 15 is 0 Å². The maximum Gasteiger partial charge on any atom is 0.407 e. The zero-order chi connectivity index (χ0) is 9.84. The number of nitrogens with one attached hydrogen (secondary N) is 1. The van der Waals surface area contributed by atoms with Gasteiger partial charge in [0.1, 0.15) is 5.92 Å². The summed E-state index contributed by atoms with van der Waals surface area (Å²) >= 11 is 0. The predicted molar refractivity (Wildman–Crippen MR) is 41.3 cm³/mol. The van der Waals surface area contributed by atoms with E-state index in [2.05, 4.69) is 10.1 Å². The van der Waals surface area contributed by atoms with Gasteiger partial charge in [0.05, 0.1) is 26.4 Å². The van der Waals surface area contributed by atoms with Crippen LogP contribution < -0.4 is 5.32 Å². The fourth-order valence-corrected chi connectivity index (χ4v) is 1.15. The summed E-state index contributed by atoms with van der Waals surface area (Å²) in [5.74, 6) is -1.65. The largest absolute Gasteiger partial charge is 0.481 e. The topological polar surface area (TPSA) is 84.9 Å². The van der Waals surface area contributed by atoms with Gasteiger partial charge in [-0.2, -0.15) is 0 Å². The van der Waals surface area contributed by atoms with E-state index < -0.39 is 24.0 Å². The summed E-state index contributed by atoms with van der Waals surface area (Å²) in [6.07, 6.45) is -0.637. The molecule has 2 N–H and O–H groups in total. The van der Waals surface area contributed by atoms with Crippen molar-refractivity contribution in [3.8, 4) is 0 Å². The summed E-state index contributed by atoms with van der Waals surface area (Å²) < 4.78 is 9.27. The third-order valence-electron chi connectivity index (χ3n) is 1.89. The number of methoxy groups -OCH3 is 1. The molecule has 1 rings (SSSR count). The molecule has 2 atom stereocenters. The minimum Gasteiger partial charge on any atom is -0.481 e. The standard InChI is InChI=1S/C7H11NO5/c1-12-7(11)8-5-3-13-2-4(5)6(9)10/h4-5H,2-3H2,1H3,(H,8,11)(H,9,10). The smallest absolute Gasteiger partial charge is 0.407 e. The number of carbonyl (C=O) groups excluding carboxylic acids is 1. The van der Waals surface area contributed by atoms with Crippen molar-refractivity contribution < 1.29 is 24.2 Å². The maximum absolute atomic E-state index is 10.8. The highest BCUT2D eigenvalue weighted by Gasteiger charge is 2.35. The highest BCUT2D eigenvalue weighted by Crippen LogP contribution is 2.13. The van der Waals surface area contributed by atoms with Crippen molar-refractivity contribution in [2.75, 3.05) is 20.3 Å². The zero-order valence-electron chi connectivity index (χ0n) is 7.15. The normalized spacial score (nSPS) is 26.8. The first-order valence-electron chi connectivity index (χ1n) is 3.80. The molecule has 0 aromatic carbocycles. The molecule has 1 amide bonds. The molecule has 0 aromatic rings. The minimum atomic E-state index is -0.973. The van der Waals surface area contributed by atoms with E-state index in [0.717, 1.165) is 0 Å². The Hall–Kier alpha value is -1.30. The van der Waals surface area contributed by atoms with Crippen LogP contribution in [0.1, 0.15) is 0 Å². The number of aliphatic carboxylic acids is 1. The zero-order valence-corrected chi connectivity index (χ0v) is 7.15. The first-order valence-corrected chi connectivity index (χ1v) is 3.80. The molecular weight excluding hydrogens is 178 g/mol. The van der Waals surface area contributed by atoms with Crippen LogP contribution in [0.2, 0.25) is 0 Å². The Kier molecular flexibility index (Phi) is 3.07. The lowest BCUT2D eigenvalue weighted by atomic mass is 10.1. The highest BCUT2D eigenvalue weighted by molar-refractivity contribution is 5.74. The second kappa shape index (κ2) is 4.08. The molecule has 1 heterocycles. The van der Waals surface area contributed by atoms with Crippen LogP contribution in [-0.4, -0.2) is 43.5 Å². The summed E-state index contributed by atoms with van der Waals surface area (Å²) in [5.41, 5.74) is 0. The van der Waals surface area contributed by atoms with Crippen molar-refractivity contribution >= 4 is 12.1 Å². The summed E-state index contributed by atoms with van der Waals surface area (Å²) in [4.78, 5) is 21.4. The van der Waals surface area contributed by atoms with E-state index in [-0.39, 0.29) is 13.2 Å². The molecule has 0 bridgehead atoms. The van der Waals surface area contributed by atoms with Gasteiger partial charge >= 0.3 is 12.1 Å². The number of alkyl carbamates (subject to hydrolysis) is 1. The second-order valence-corrected chi connectivity index (χ2v) is 2.72. The van der Waals surface area contributed by atoms with Crippen LogP contribution in [0.15, 0.2) is 0 Å². The molecule has 0 saturated carbocycles. The van der Waals surface area contributed by atoms with Crippen LogP contribution in [0.5, 0.6) is 0 Å². The van der Waals surface area contributed by atoms with Crippen LogP contribution in [0.4, 0.5) is 4.79 Å². The number of carboxylic acid groups (broad SMARTS) is 1. The van der Waals surface area contributed by atoms with Crippen LogP contribution in [0.3, 0.4) is 0 Å². The molecule has 13 heavy (non-hydrogen) atoms. The SMILES string of the molecule is COC(=O)NC1COCC1C(=O)O. The van der Waals surface area contributed by atoms with Crippen molar-refractivity contribution in [1.82, 2.24) is 5.32 Å². The molecule has 0 spiro atoms. The Morgan fingerprint density at radius 1 is 1.54 bits per heavy atom. The third kappa shape index (κ3) is 2.32. The number of hydrogen-bond acceptors (Lipinski definition) is 4. The minimum absolute atomic E-state index is 0.129. The second-order valence-electron chi connectivity index (χ2n) is 2.72. The molecule has 1 saturated heterocycles. The summed E-state index contributed by atoms with van der Waals surface area (Å²) in [6.45, 7) is 0.343. The summed E-state index contributed by atoms with van der Waals surface area (Å²) in [7, 11) is 1.22. The van der Waals surface area contributed by atoms with Gasteiger partial charge in [-0.1, -0.05) is 0 Å². The number of ether oxygens (including phenoxy) is 2. The van der Waals surface area contributed by atoms with E-state index in [1.165, 1.54) is 7.11 Å². The first-order chi connectivity index (χ1) is 6.15. The number of hydrogen-bond donors (Lipinski definition) is 2. The van der Waals surface area contributed by atoms with Gasteiger partial charge in [0.25, 0.3) is 0 Å². The monoisotopic (exact) mass is 189 g/mol. The Morgan fingerprint density at radius 3 is 2.77 bits per heavy atom. The molecular formula is C7H11NO5. The summed E-state index contributed by atoms with van der Waals surface area (Å²) in [6, 6.07) is -0.495. The lowest BCUT2D eigenvalue weighted by molar-refractivity contribution is -0.142. The molecule has 2 unspecified atom stereocenters. The van der Waals surface area contributed by atoms with Gasteiger partial charge in [0, 0.05) is 0 Å². The number of carbonyl (C=O) groups is 2. The Balaban J connectivity index is 2.48. The molecule has 0 aromatic heterocycles. The van der Waals surface area contributed by atoms with Crippen LogP contribution in [-0.2, 0) is 14.3 Å². The molecule has 0 aliphatic carbocycles. The molecule has 1 aliphatic rings.